The summed E-state index contributed by atoms with van der Waals surface area (Å²) in [7, 11) is 1.84. The van der Waals surface area contributed by atoms with Gasteiger partial charge in [-0.1, -0.05) is 25.0 Å². The second-order valence-corrected chi connectivity index (χ2v) is 7.33. The number of benzene rings is 1. The van der Waals surface area contributed by atoms with Crippen molar-refractivity contribution in [2.75, 3.05) is 46.4 Å². The molecule has 2 N–H and O–H groups in total. The third kappa shape index (κ3) is 7.49. The number of hydrogen-bond acceptors (Lipinski definition) is 3. The molecular formula is C21H35IN4O. The van der Waals surface area contributed by atoms with E-state index in [2.05, 4.69) is 38.7 Å². The Morgan fingerprint density at radius 3 is 2.67 bits per heavy atom. The second-order valence-electron chi connectivity index (χ2n) is 7.33. The van der Waals surface area contributed by atoms with Crippen LogP contribution < -0.4 is 15.4 Å². The van der Waals surface area contributed by atoms with Gasteiger partial charge < -0.3 is 20.3 Å². The van der Waals surface area contributed by atoms with Crippen molar-refractivity contribution >= 4 is 29.9 Å². The highest BCUT2D eigenvalue weighted by atomic mass is 127. The zero-order valence-electron chi connectivity index (χ0n) is 16.6. The van der Waals surface area contributed by atoms with E-state index in [1.165, 1.54) is 62.9 Å². The lowest BCUT2D eigenvalue weighted by molar-refractivity contribution is 0.282. The molecule has 27 heavy (non-hydrogen) atoms. The molecule has 0 aliphatic carbocycles. The van der Waals surface area contributed by atoms with Gasteiger partial charge in [-0.2, -0.15) is 0 Å². The van der Waals surface area contributed by atoms with Gasteiger partial charge in [0.15, 0.2) is 5.96 Å². The Hall–Kier alpha value is -1.02. The molecule has 3 rings (SSSR count). The van der Waals surface area contributed by atoms with Crippen molar-refractivity contribution in [1.29, 1.82) is 0 Å². The highest BCUT2D eigenvalue weighted by molar-refractivity contribution is 14.0. The van der Waals surface area contributed by atoms with Gasteiger partial charge >= 0.3 is 0 Å². The smallest absolute Gasteiger partial charge is 0.190 e. The lowest BCUT2D eigenvalue weighted by Crippen LogP contribution is -2.39. The van der Waals surface area contributed by atoms with Crippen molar-refractivity contribution in [3.63, 3.8) is 0 Å². The normalized spacial score (nSPS) is 17.4. The van der Waals surface area contributed by atoms with Crippen LogP contribution >= 0.6 is 24.0 Å². The number of nitrogens with one attached hydrogen (secondary N) is 2. The summed E-state index contributed by atoms with van der Waals surface area (Å²) in [6.45, 7) is 6.45. The largest absolute Gasteiger partial charge is 0.493 e. The Morgan fingerprint density at radius 1 is 1.11 bits per heavy atom. The maximum Gasteiger partial charge on any atom is 0.190 e. The molecule has 2 aliphatic heterocycles. The number of nitrogens with zero attached hydrogens (tertiary/aromatic N) is 2. The Morgan fingerprint density at radius 2 is 1.89 bits per heavy atom. The SMILES string of the molecule is CN=C(NCCCN1CCCCCC1)NCCc1ccc2c(c1)CCO2.I. The number of aliphatic imine (C=N–C) groups is 1. The van der Waals surface area contributed by atoms with Crippen LogP contribution in [0.5, 0.6) is 5.75 Å². The number of ether oxygens (including phenoxy) is 1. The van der Waals surface area contributed by atoms with Crippen molar-refractivity contribution in [2.45, 2.75) is 44.9 Å². The quantitative estimate of drug-likeness (QED) is 0.269. The van der Waals surface area contributed by atoms with Crippen LogP contribution in [0.3, 0.4) is 0 Å². The molecule has 0 saturated carbocycles. The standard InChI is InChI=1S/C21H34N4O.HI/c1-22-21(23-11-6-15-25-13-4-2-3-5-14-25)24-12-9-18-7-8-20-19(17-18)10-16-26-20;/h7-8,17H,2-6,9-16H2,1H3,(H2,22,23,24);1H. The van der Waals surface area contributed by atoms with Crippen LogP contribution in [0.4, 0.5) is 0 Å². The predicted octanol–water partition coefficient (Wildman–Crippen LogP) is 3.21. The summed E-state index contributed by atoms with van der Waals surface area (Å²) in [6.07, 6.45) is 8.76. The maximum atomic E-state index is 5.57. The van der Waals surface area contributed by atoms with E-state index < -0.39 is 0 Å². The van der Waals surface area contributed by atoms with E-state index in [9.17, 15) is 0 Å². The first-order valence-corrected chi connectivity index (χ1v) is 10.3. The van der Waals surface area contributed by atoms with Gasteiger partial charge in [-0.3, -0.25) is 4.99 Å². The van der Waals surface area contributed by atoms with Gasteiger partial charge in [0.1, 0.15) is 5.75 Å². The maximum absolute atomic E-state index is 5.57. The molecule has 1 fully saturated rings. The van der Waals surface area contributed by atoms with Gasteiger partial charge in [0.25, 0.3) is 0 Å². The van der Waals surface area contributed by atoms with Crippen molar-refractivity contribution in [3.05, 3.63) is 29.3 Å². The van der Waals surface area contributed by atoms with Gasteiger partial charge in [0.2, 0.25) is 0 Å². The van der Waals surface area contributed by atoms with E-state index in [1.54, 1.807) is 0 Å². The minimum atomic E-state index is 0. The fourth-order valence-electron chi connectivity index (χ4n) is 3.81. The third-order valence-corrected chi connectivity index (χ3v) is 5.33. The Bertz CT molecular complexity index is 586. The average molecular weight is 486 g/mol. The number of rotatable bonds is 7. The van der Waals surface area contributed by atoms with E-state index in [-0.39, 0.29) is 24.0 Å². The summed E-state index contributed by atoms with van der Waals surface area (Å²) >= 11 is 0. The highest BCUT2D eigenvalue weighted by Crippen LogP contribution is 2.25. The van der Waals surface area contributed by atoms with Crippen LogP contribution in [-0.2, 0) is 12.8 Å². The summed E-state index contributed by atoms with van der Waals surface area (Å²) in [6, 6.07) is 6.55. The number of guanidine groups is 1. The van der Waals surface area contributed by atoms with Gasteiger partial charge in [-0.25, -0.2) is 0 Å². The van der Waals surface area contributed by atoms with E-state index in [1.807, 2.05) is 7.05 Å². The van der Waals surface area contributed by atoms with Gasteiger partial charge in [0, 0.05) is 26.6 Å². The first-order valence-electron chi connectivity index (χ1n) is 10.3. The van der Waals surface area contributed by atoms with E-state index >= 15 is 0 Å². The van der Waals surface area contributed by atoms with Gasteiger partial charge in [0.05, 0.1) is 6.61 Å². The topological polar surface area (TPSA) is 48.9 Å². The lowest BCUT2D eigenvalue weighted by atomic mass is 10.1. The summed E-state index contributed by atoms with van der Waals surface area (Å²) in [5.74, 6) is 1.97. The number of likely N-dealkylation sites (tertiary alicyclic amines) is 1. The molecule has 0 spiro atoms. The predicted molar refractivity (Wildman–Crippen MR) is 124 cm³/mol. The van der Waals surface area contributed by atoms with Crippen LogP contribution in [0.25, 0.3) is 0 Å². The van der Waals surface area contributed by atoms with Crippen molar-refractivity contribution < 1.29 is 4.74 Å². The Balaban J connectivity index is 0.00000261. The highest BCUT2D eigenvalue weighted by Gasteiger charge is 2.12. The molecule has 2 heterocycles. The monoisotopic (exact) mass is 486 g/mol. The van der Waals surface area contributed by atoms with Gasteiger partial charge in [-0.15, -0.1) is 24.0 Å². The molecule has 5 nitrogen and oxygen atoms in total. The summed E-state index contributed by atoms with van der Waals surface area (Å²) in [5.41, 5.74) is 2.71. The minimum absolute atomic E-state index is 0. The second kappa shape index (κ2) is 12.4. The summed E-state index contributed by atoms with van der Waals surface area (Å²) in [5, 5.41) is 6.87. The Kier molecular flexibility index (Phi) is 10.3. The lowest BCUT2D eigenvalue weighted by Gasteiger charge is -2.20. The Labute approximate surface area is 181 Å². The molecule has 0 bridgehead atoms. The molecule has 1 aromatic rings. The molecular weight excluding hydrogens is 451 g/mol. The molecule has 0 amide bonds. The molecule has 6 heteroatoms. The molecule has 2 aliphatic rings. The average Bonchev–Trinajstić information content (AvgIpc) is 2.97. The first-order chi connectivity index (χ1) is 12.8. The molecule has 1 aromatic carbocycles. The van der Waals surface area contributed by atoms with Crippen LogP contribution in [0.1, 0.15) is 43.2 Å². The summed E-state index contributed by atoms with van der Waals surface area (Å²) < 4.78 is 5.57. The van der Waals surface area contributed by atoms with Crippen molar-refractivity contribution in [3.8, 4) is 5.75 Å². The van der Waals surface area contributed by atoms with E-state index in [4.69, 9.17) is 4.74 Å². The molecule has 0 unspecified atom stereocenters. The van der Waals surface area contributed by atoms with Crippen LogP contribution in [0.15, 0.2) is 23.2 Å². The molecule has 0 aromatic heterocycles. The molecule has 0 radical (unpaired) electrons. The van der Waals surface area contributed by atoms with Crippen molar-refractivity contribution in [1.82, 2.24) is 15.5 Å². The fourth-order valence-corrected chi connectivity index (χ4v) is 3.81. The van der Waals surface area contributed by atoms with Crippen molar-refractivity contribution in [2.24, 2.45) is 4.99 Å². The fraction of sp³-hybridized carbons (Fsp3) is 0.667. The molecule has 0 atom stereocenters. The van der Waals surface area contributed by atoms with Gasteiger partial charge in [-0.05, 0) is 62.5 Å². The molecule has 1 saturated heterocycles. The first kappa shape index (κ1) is 22.3. The van der Waals surface area contributed by atoms with E-state index in [0.717, 1.165) is 44.2 Å². The van der Waals surface area contributed by atoms with E-state index in [0.29, 0.717) is 0 Å². The number of halogens is 1. The zero-order chi connectivity index (χ0) is 18.0. The number of hydrogen-bond donors (Lipinski definition) is 2. The minimum Gasteiger partial charge on any atom is -0.493 e. The number of fused-ring (bicyclic) bond motifs is 1. The van der Waals surface area contributed by atoms with Crippen LogP contribution in [0, 0.1) is 0 Å². The van der Waals surface area contributed by atoms with Crippen LogP contribution in [-0.4, -0.2) is 57.2 Å². The zero-order valence-corrected chi connectivity index (χ0v) is 19.0. The molecule has 152 valence electrons. The third-order valence-electron chi connectivity index (χ3n) is 5.33. The summed E-state index contributed by atoms with van der Waals surface area (Å²) in [4.78, 5) is 6.95. The van der Waals surface area contributed by atoms with Crippen LogP contribution in [0.2, 0.25) is 0 Å².